The van der Waals surface area contributed by atoms with Crippen LogP contribution < -0.4 is 16.0 Å². The smallest absolute Gasteiger partial charge is 0.329 e. The summed E-state index contributed by atoms with van der Waals surface area (Å²) in [6, 6.07) is 8.81. The molecule has 0 saturated carbocycles. The maximum atomic E-state index is 12.4. The molecule has 0 saturated heterocycles. The number of H-pyrrole nitrogens is 1. The van der Waals surface area contributed by atoms with Gasteiger partial charge in [-0.2, -0.15) is 0 Å². The van der Waals surface area contributed by atoms with E-state index in [2.05, 4.69) is 4.98 Å². The van der Waals surface area contributed by atoms with E-state index < -0.39 is 5.69 Å². The van der Waals surface area contributed by atoms with Crippen LogP contribution in [0.15, 0.2) is 45.3 Å². The summed E-state index contributed by atoms with van der Waals surface area (Å²) in [6.07, 6.45) is 0. The molecule has 0 spiro atoms. The van der Waals surface area contributed by atoms with Gasteiger partial charge in [-0.15, -0.1) is 11.3 Å². The molecule has 0 fully saturated rings. The molecular formula is C14H12N2O3S. The molecule has 2 heterocycles. The van der Waals surface area contributed by atoms with Gasteiger partial charge in [-0.1, -0.05) is 6.07 Å². The van der Waals surface area contributed by atoms with Crippen LogP contribution in [0.1, 0.15) is 4.88 Å². The predicted octanol–water partition coefficient (Wildman–Crippen LogP) is 1.81. The van der Waals surface area contributed by atoms with E-state index in [1.165, 1.54) is 23.0 Å². The molecule has 1 aromatic carbocycles. The highest BCUT2D eigenvalue weighted by atomic mass is 32.1. The van der Waals surface area contributed by atoms with E-state index in [0.717, 1.165) is 4.88 Å². The Kier molecular flexibility index (Phi) is 3.15. The highest BCUT2D eigenvalue weighted by molar-refractivity contribution is 7.09. The van der Waals surface area contributed by atoms with Crippen LogP contribution in [0.25, 0.3) is 10.9 Å². The molecule has 0 aliphatic heterocycles. The van der Waals surface area contributed by atoms with Crippen molar-refractivity contribution in [3.05, 3.63) is 61.4 Å². The van der Waals surface area contributed by atoms with Crippen molar-refractivity contribution in [3.8, 4) is 5.75 Å². The maximum Gasteiger partial charge on any atom is 0.329 e. The molecule has 0 amide bonds. The average Bonchev–Trinajstić information content (AvgIpc) is 2.95. The quantitative estimate of drug-likeness (QED) is 0.799. The number of aromatic amines is 1. The third-order valence-electron chi connectivity index (χ3n) is 3.08. The first kappa shape index (κ1) is 12.7. The molecule has 102 valence electrons. The summed E-state index contributed by atoms with van der Waals surface area (Å²) in [5, 5.41) is 2.39. The highest BCUT2D eigenvalue weighted by Crippen LogP contribution is 2.15. The van der Waals surface area contributed by atoms with Gasteiger partial charge in [0, 0.05) is 10.9 Å². The van der Waals surface area contributed by atoms with Gasteiger partial charge in [0.1, 0.15) is 5.75 Å². The van der Waals surface area contributed by atoms with Gasteiger partial charge in [-0.05, 0) is 23.6 Å². The van der Waals surface area contributed by atoms with Crippen LogP contribution >= 0.6 is 11.3 Å². The van der Waals surface area contributed by atoms with E-state index in [0.29, 0.717) is 16.7 Å². The minimum Gasteiger partial charge on any atom is -0.497 e. The Balaban J connectivity index is 2.19. The van der Waals surface area contributed by atoms with Gasteiger partial charge >= 0.3 is 5.69 Å². The van der Waals surface area contributed by atoms with Gasteiger partial charge in [-0.3, -0.25) is 9.36 Å². The predicted molar refractivity (Wildman–Crippen MR) is 78.8 cm³/mol. The van der Waals surface area contributed by atoms with Crippen molar-refractivity contribution in [3.63, 3.8) is 0 Å². The van der Waals surface area contributed by atoms with Gasteiger partial charge in [0.25, 0.3) is 5.56 Å². The largest absolute Gasteiger partial charge is 0.497 e. The second-order valence-electron chi connectivity index (χ2n) is 4.31. The van der Waals surface area contributed by atoms with Crippen LogP contribution in [-0.4, -0.2) is 16.7 Å². The van der Waals surface area contributed by atoms with Crippen molar-refractivity contribution in [1.82, 2.24) is 9.55 Å². The zero-order valence-electron chi connectivity index (χ0n) is 10.8. The van der Waals surface area contributed by atoms with Gasteiger partial charge in [0.2, 0.25) is 0 Å². The first-order valence-corrected chi connectivity index (χ1v) is 6.90. The molecule has 3 aromatic rings. The molecule has 0 aliphatic carbocycles. The highest BCUT2D eigenvalue weighted by Gasteiger charge is 2.09. The Morgan fingerprint density at radius 1 is 1.30 bits per heavy atom. The Labute approximate surface area is 118 Å². The Bertz CT molecular complexity index is 862. The molecule has 0 aliphatic rings. The fourth-order valence-corrected chi connectivity index (χ4v) is 2.76. The molecule has 20 heavy (non-hydrogen) atoms. The topological polar surface area (TPSA) is 64.1 Å². The second kappa shape index (κ2) is 4.97. The van der Waals surface area contributed by atoms with Crippen LogP contribution in [0, 0.1) is 0 Å². The summed E-state index contributed by atoms with van der Waals surface area (Å²) >= 11 is 1.51. The number of nitrogens with one attached hydrogen (secondary N) is 1. The lowest BCUT2D eigenvalue weighted by Crippen LogP contribution is -2.35. The van der Waals surface area contributed by atoms with Crippen molar-refractivity contribution >= 4 is 22.2 Å². The van der Waals surface area contributed by atoms with Crippen LogP contribution in [0.3, 0.4) is 0 Å². The zero-order chi connectivity index (χ0) is 14.1. The molecule has 0 radical (unpaired) electrons. The maximum absolute atomic E-state index is 12.4. The second-order valence-corrected chi connectivity index (χ2v) is 5.34. The summed E-state index contributed by atoms with van der Waals surface area (Å²) in [7, 11) is 1.54. The first-order valence-electron chi connectivity index (χ1n) is 6.02. The van der Waals surface area contributed by atoms with Crippen molar-refractivity contribution < 1.29 is 4.74 Å². The number of hydrogen-bond acceptors (Lipinski definition) is 4. The van der Waals surface area contributed by atoms with Crippen molar-refractivity contribution in [2.45, 2.75) is 6.54 Å². The van der Waals surface area contributed by atoms with Crippen LogP contribution in [0.2, 0.25) is 0 Å². The lowest BCUT2D eigenvalue weighted by molar-refractivity contribution is 0.415. The fraction of sp³-hybridized carbons (Fsp3) is 0.143. The molecule has 5 nitrogen and oxygen atoms in total. The fourth-order valence-electron chi connectivity index (χ4n) is 2.06. The number of rotatable bonds is 3. The monoisotopic (exact) mass is 288 g/mol. The van der Waals surface area contributed by atoms with Crippen molar-refractivity contribution in [1.29, 1.82) is 0 Å². The molecule has 2 aromatic heterocycles. The zero-order valence-corrected chi connectivity index (χ0v) is 11.6. The summed E-state index contributed by atoms with van der Waals surface area (Å²) < 4.78 is 6.30. The van der Waals surface area contributed by atoms with Crippen LogP contribution in [-0.2, 0) is 6.54 Å². The number of aromatic nitrogens is 2. The molecule has 0 atom stereocenters. The molecular weight excluding hydrogens is 276 g/mol. The van der Waals surface area contributed by atoms with E-state index in [1.54, 1.807) is 18.2 Å². The lowest BCUT2D eigenvalue weighted by atomic mass is 10.2. The van der Waals surface area contributed by atoms with E-state index in [1.807, 2.05) is 17.5 Å². The standard InChI is InChI=1S/C14H12N2O3S/c1-19-9-4-5-11-12(7-9)15-14(18)16(13(11)17)8-10-3-2-6-20-10/h2-7H,8H2,1H3,(H,15,18). The van der Waals surface area contributed by atoms with E-state index in [-0.39, 0.29) is 12.1 Å². The summed E-state index contributed by atoms with van der Waals surface area (Å²) in [6.45, 7) is 0.286. The molecule has 3 rings (SSSR count). The third kappa shape index (κ3) is 2.14. The van der Waals surface area contributed by atoms with Gasteiger partial charge in [-0.25, -0.2) is 4.79 Å². The van der Waals surface area contributed by atoms with E-state index in [4.69, 9.17) is 4.74 Å². The van der Waals surface area contributed by atoms with E-state index >= 15 is 0 Å². The average molecular weight is 288 g/mol. The summed E-state index contributed by atoms with van der Waals surface area (Å²) in [4.78, 5) is 28.1. The van der Waals surface area contributed by atoms with Crippen molar-refractivity contribution in [2.75, 3.05) is 7.11 Å². The van der Waals surface area contributed by atoms with Crippen LogP contribution in [0.4, 0.5) is 0 Å². The molecule has 0 unspecified atom stereocenters. The Morgan fingerprint density at radius 3 is 2.85 bits per heavy atom. The van der Waals surface area contributed by atoms with Crippen LogP contribution in [0.5, 0.6) is 5.75 Å². The normalized spacial score (nSPS) is 10.8. The SMILES string of the molecule is COc1ccc2c(=O)n(Cc3cccs3)c(=O)[nH]c2c1. The number of hydrogen-bond donors (Lipinski definition) is 1. The summed E-state index contributed by atoms with van der Waals surface area (Å²) in [5.74, 6) is 0.601. The number of nitrogens with zero attached hydrogens (tertiary/aromatic N) is 1. The molecule has 6 heteroatoms. The number of ether oxygens (including phenoxy) is 1. The molecule has 0 bridgehead atoms. The lowest BCUT2D eigenvalue weighted by Gasteiger charge is -2.06. The summed E-state index contributed by atoms with van der Waals surface area (Å²) in [5.41, 5.74) is -0.217. The van der Waals surface area contributed by atoms with Gasteiger partial charge < -0.3 is 9.72 Å². The van der Waals surface area contributed by atoms with Gasteiger partial charge in [0.05, 0.1) is 24.6 Å². The number of methoxy groups -OCH3 is 1. The minimum atomic E-state index is -0.413. The Hall–Kier alpha value is -2.34. The molecule has 1 N–H and O–H groups in total. The number of fused-ring (bicyclic) bond motifs is 1. The van der Waals surface area contributed by atoms with E-state index in [9.17, 15) is 9.59 Å². The van der Waals surface area contributed by atoms with Crippen molar-refractivity contribution in [2.24, 2.45) is 0 Å². The Morgan fingerprint density at radius 2 is 2.15 bits per heavy atom. The van der Waals surface area contributed by atoms with Gasteiger partial charge in [0.15, 0.2) is 0 Å². The minimum absolute atomic E-state index is 0.286. The first-order chi connectivity index (χ1) is 9.69. The number of benzene rings is 1. The third-order valence-corrected chi connectivity index (χ3v) is 3.94. The number of thiophene rings is 1.